The Morgan fingerprint density at radius 1 is 1.30 bits per heavy atom. The number of ether oxygens (including phenoxy) is 1. The van der Waals surface area contributed by atoms with Crippen molar-refractivity contribution in [2.45, 2.75) is 25.9 Å². The van der Waals surface area contributed by atoms with E-state index in [1.165, 1.54) is 18.2 Å². The van der Waals surface area contributed by atoms with Crippen LogP contribution in [0.25, 0.3) is 0 Å². The summed E-state index contributed by atoms with van der Waals surface area (Å²) in [6.07, 6.45) is 0.178. The molecule has 0 unspecified atom stereocenters. The number of aliphatic carboxylic acids is 1. The highest BCUT2D eigenvalue weighted by Gasteiger charge is 2.12. The van der Waals surface area contributed by atoms with Crippen LogP contribution in [0.1, 0.15) is 18.4 Å². The standard InChI is InChI=1S/C13H15F2NO4/c14-13(15)20-10-5-2-1-4-9(10)8-11(17)16-7-3-6-12(18)19/h1-2,4-5,13H,3,6-8H2,(H,16,17)(H,18,19). The zero-order valence-corrected chi connectivity index (χ0v) is 10.6. The second-order valence-corrected chi connectivity index (χ2v) is 4.01. The number of carboxylic acid groups (broad SMARTS) is 1. The minimum absolute atomic E-state index is 0.0363. The number of hydrogen-bond acceptors (Lipinski definition) is 3. The number of carbonyl (C=O) groups excluding carboxylic acids is 1. The Morgan fingerprint density at radius 2 is 2.00 bits per heavy atom. The van der Waals surface area contributed by atoms with Crippen molar-refractivity contribution in [1.82, 2.24) is 5.32 Å². The van der Waals surface area contributed by atoms with Crippen LogP contribution in [0.5, 0.6) is 5.75 Å². The summed E-state index contributed by atoms with van der Waals surface area (Å²) < 4.78 is 28.7. The van der Waals surface area contributed by atoms with Gasteiger partial charge in [0.1, 0.15) is 5.75 Å². The Hall–Kier alpha value is -2.18. The van der Waals surface area contributed by atoms with Gasteiger partial charge in [-0.1, -0.05) is 18.2 Å². The van der Waals surface area contributed by atoms with Gasteiger partial charge in [0.15, 0.2) is 0 Å². The van der Waals surface area contributed by atoms with Gasteiger partial charge in [0, 0.05) is 18.5 Å². The van der Waals surface area contributed by atoms with E-state index in [9.17, 15) is 18.4 Å². The van der Waals surface area contributed by atoms with Crippen LogP contribution in [0.3, 0.4) is 0 Å². The van der Waals surface area contributed by atoms with Gasteiger partial charge in [-0.15, -0.1) is 0 Å². The third kappa shape index (κ3) is 6.12. The summed E-state index contributed by atoms with van der Waals surface area (Å²) in [5.74, 6) is -1.35. The molecule has 0 aliphatic heterocycles. The van der Waals surface area contributed by atoms with Crippen LogP contribution < -0.4 is 10.1 Å². The molecule has 0 saturated heterocycles. The third-order valence-electron chi connectivity index (χ3n) is 2.43. The lowest BCUT2D eigenvalue weighted by Crippen LogP contribution is -2.26. The number of amides is 1. The molecule has 0 spiro atoms. The van der Waals surface area contributed by atoms with Crippen LogP contribution in [0.15, 0.2) is 24.3 Å². The Bertz CT molecular complexity index is 465. The van der Waals surface area contributed by atoms with E-state index in [1.807, 2.05) is 0 Å². The van der Waals surface area contributed by atoms with Gasteiger partial charge in [-0.3, -0.25) is 9.59 Å². The first-order valence-electron chi connectivity index (χ1n) is 6.00. The minimum atomic E-state index is -2.95. The summed E-state index contributed by atoms with van der Waals surface area (Å²) in [4.78, 5) is 21.9. The van der Waals surface area contributed by atoms with Crippen LogP contribution >= 0.6 is 0 Å². The Balaban J connectivity index is 2.47. The number of carboxylic acids is 1. The first kappa shape index (κ1) is 15.9. The minimum Gasteiger partial charge on any atom is -0.481 e. The number of alkyl halides is 2. The van der Waals surface area contributed by atoms with E-state index in [0.29, 0.717) is 12.0 Å². The van der Waals surface area contributed by atoms with E-state index >= 15 is 0 Å². The van der Waals surface area contributed by atoms with E-state index in [1.54, 1.807) is 6.07 Å². The van der Waals surface area contributed by atoms with Gasteiger partial charge >= 0.3 is 12.6 Å². The third-order valence-corrected chi connectivity index (χ3v) is 2.43. The SMILES string of the molecule is O=C(O)CCCNC(=O)Cc1ccccc1OC(F)F. The molecule has 0 heterocycles. The Kier molecular flexibility index (Phi) is 6.42. The molecule has 1 rings (SSSR count). The lowest BCUT2D eigenvalue weighted by atomic mass is 10.1. The summed E-state index contributed by atoms with van der Waals surface area (Å²) in [5.41, 5.74) is 0.350. The molecule has 1 aromatic carbocycles. The molecule has 2 N–H and O–H groups in total. The van der Waals surface area contributed by atoms with E-state index in [-0.39, 0.29) is 31.0 Å². The number of halogens is 2. The second-order valence-electron chi connectivity index (χ2n) is 4.01. The lowest BCUT2D eigenvalue weighted by molar-refractivity contribution is -0.137. The molecule has 1 amide bonds. The molecule has 110 valence electrons. The summed E-state index contributed by atoms with van der Waals surface area (Å²) in [6, 6.07) is 6.03. The number of rotatable bonds is 8. The zero-order chi connectivity index (χ0) is 15.0. The van der Waals surface area contributed by atoms with Crippen molar-refractivity contribution in [3.63, 3.8) is 0 Å². The summed E-state index contributed by atoms with van der Waals surface area (Å²) in [5, 5.41) is 11.0. The maximum atomic E-state index is 12.2. The van der Waals surface area contributed by atoms with Crippen LogP contribution in [-0.4, -0.2) is 30.1 Å². The predicted molar refractivity (Wildman–Crippen MR) is 66.7 cm³/mol. The zero-order valence-electron chi connectivity index (χ0n) is 10.6. The maximum Gasteiger partial charge on any atom is 0.387 e. The molecule has 5 nitrogen and oxygen atoms in total. The van der Waals surface area contributed by atoms with Crippen molar-refractivity contribution in [2.75, 3.05) is 6.54 Å². The van der Waals surface area contributed by atoms with Gasteiger partial charge in [0.25, 0.3) is 0 Å². The Morgan fingerprint density at radius 3 is 2.65 bits per heavy atom. The van der Waals surface area contributed by atoms with Crippen LogP contribution in [0.2, 0.25) is 0 Å². The van der Waals surface area contributed by atoms with Crippen molar-refractivity contribution in [3.05, 3.63) is 29.8 Å². The first-order valence-corrected chi connectivity index (χ1v) is 6.00. The van der Waals surface area contributed by atoms with Crippen LogP contribution in [-0.2, 0) is 16.0 Å². The monoisotopic (exact) mass is 287 g/mol. The van der Waals surface area contributed by atoms with E-state index in [4.69, 9.17) is 5.11 Å². The average Bonchev–Trinajstić information content (AvgIpc) is 2.36. The number of para-hydroxylation sites is 1. The molecule has 0 aliphatic carbocycles. The van der Waals surface area contributed by atoms with Crippen molar-refractivity contribution in [2.24, 2.45) is 0 Å². The molecule has 0 bridgehead atoms. The second kappa shape index (κ2) is 8.08. The highest BCUT2D eigenvalue weighted by atomic mass is 19.3. The fourth-order valence-electron chi connectivity index (χ4n) is 1.56. The van der Waals surface area contributed by atoms with Gasteiger partial charge in [0.2, 0.25) is 5.91 Å². The number of nitrogens with one attached hydrogen (secondary N) is 1. The highest BCUT2D eigenvalue weighted by Crippen LogP contribution is 2.20. The normalized spacial score (nSPS) is 10.3. The topological polar surface area (TPSA) is 75.6 Å². The van der Waals surface area contributed by atoms with E-state index in [0.717, 1.165) is 0 Å². The molecular formula is C13H15F2NO4. The van der Waals surface area contributed by atoms with Gasteiger partial charge in [-0.05, 0) is 12.5 Å². The highest BCUT2D eigenvalue weighted by molar-refractivity contribution is 5.79. The largest absolute Gasteiger partial charge is 0.481 e. The molecule has 0 atom stereocenters. The van der Waals surface area contributed by atoms with Crippen molar-refractivity contribution in [1.29, 1.82) is 0 Å². The molecule has 0 aromatic heterocycles. The molecule has 7 heteroatoms. The van der Waals surface area contributed by atoms with Gasteiger partial charge in [0.05, 0.1) is 6.42 Å². The lowest BCUT2D eigenvalue weighted by Gasteiger charge is -2.10. The quantitative estimate of drug-likeness (QED) is 0.715. The smallest absolute Gasteiger partial charge is 0.387 e. The van der Waals surface area contributed by atoms with Crippen LogP contribution in [0, 0.1) is 0 Å². The molecule has 1 aromatic rings. The molecular weight excluding hydrogens is 272 g/mol. The Labute approximate surface area is 114 Å². The van der Waals surface area contributed by atoms with E-state index in [2.05, 4.69) is 10.1 Å². The fourth-order valence-corrected chi connectivity index (χ4v) is 1.56. The fraction of sp³-hybridized carbons (Fsp3) is 0.385. The van der Waals surface area contributed by atoms with Gasteiger partial charge < -0.3 is 15.2 Å². The molecule has 0 aliphatic rings. The molecule has 0 fully saturated rings. The summed E-state index contributed by atoms with van der Waals surface area (Å²) >= 11 is 0. The van der Waals surface area contributed by atoms with Crippen LogP contribution in [0.4, 0.5) is 8.78 Å². The van der Waals surface area contributed by atoms with Crippen molar-refractivity contribution >= 4 is 11.9 Å². The molecule has 0 saturated carbocycles. The molecule has 20 heavy (non-hydrogen) atoms. The van der Waals surface area contributed by atoms with Crippen molar-refractivity contribution < 1.29 is 28.2 Å². The predicted octanol–water partition coefficient (Wildman–Crippen LogP) is 1.81. The van der Waals surface area contributed by atoms with Gasteiger partial charge in [-0.25, -0.2) is 0 Å². The molecule has 0 radical (unpaired) electrons. The summed E-state index contributed by atoms with van der Waals surface area (Å²) in [6.45, 7) is -2.72. The first-order chi connectivity index (χ1) is 9.49. The van der Waals surface area contributed by atoms with Gasteiger partial charge in [-0.2, -0.15) is 8.78 Å². The average molecular weight is 287 g/mol. The number of carbonyl (C=O) groups is 2. The number of hydrogen-bond donors (Lipinski definition) is 2. The van der Waals surface area contributed by atoms with E-state index < -0.39 is 12.6 Å². The maximum absolute atomic E-state index is 12.2. The van der Waals surface area contributed by atoms with Crippen molar-refractivity contribution in [3.8, 4) is 5.75 Å². The summed E-state index contributed by atoms with van der Waals surface area (Å²) in [7, 11) is 0. The number of benzene rings is 1.